The Balaban J connectivity index is 1.21. The summed E-state index contributed by atoms with van der Waals surface area (Å²) in [6.45, 7) is 4.73. The molecule has 10 rings (SSSR count). The maximum absolute atomic E-state index is 2.51. The molecule has 0 N–H and O–H groups in total. The van der Waals surface area contributed by atoms with Crippen LogP contribution in [0.25, 0.3) is 64.3 Å². The largest absolute Gasteiger partial charge is 0.308 e. The van der Waals surface area contributed by atoms with Gasteiger partial charge < -0.3 is 4.90 Å². The van der Waals surface area contributed by atoms with Crippen molar-refractivity contribution in [2.24, 2.45) is 0 Å². The van der Waals surface area contributed by atoms with Gasteiger partial charge in [0.25, 0.3) is 0 Å². The third-order valence-corrected chi connectivity index (χ3v) is 12.1. The molecule has 1 nitrogen and oxygen atoms in total. The molecule has 242 valence electrons. The van der Waals surface area contributed by atoms with Crippen LogP contribution in [0.5, 0.6) is 0 Å². The topological polar surface area (TPSA) is 3.24 Å². The van der Waals surface area contributed by atoms with Crippen LogP contribution >= 0.6 is 11.3 Å². The zero-order valence-electron chi connectivity index (χ0n) is 28.6. The molecule has 0 saturated heterocycles. The van der Waals surface area contributed by atoms with Crippen molar-refractivity contribution in [2.45, 2.75) is 19.3 Å². The van der Waals surface area contributed by atoms with Gasteiger partial charge in [0.1, 0.15) is 0 Å². The average Bonchev–Trinajstić information content (AvgIpc) is 3.69. The van der Waals surface area contributed by atoms with Gasteiger partial charge in [0.05, 0.1) is 16.1 Å². The van der Waals surface area contributed by atoms with Gasteiger partial charge in [0.15, 0.2) is 0 Å². The number of thiophene rings is 1. The van der Waals surface area contributed by atoms with Gasteiger partial charge in [-0.15, -0.1) is 11.3 Å². The van der Waals surface area contributed by atoms with E-state index in [-0.39, 0.29) is 5.41 Å². The molecular formula is C49H35NS. The van der Waals surface area contributed by atoms with Crippen LogP contribution in [0.4, 0.5) is 17.1 Å². The lowest BCUT2D eigenvalue weighted by Gasteiger charge is -2.29. The Kier molecular flexibility index (Phi) is 6.78. The molecule has 1 aromatic heterocycles. The first-order valence-electron chi connectivity index (χ1n) is 17.7. The summed E-state index contributed by atoms with van der Waals surface area (Å²) >= 11 is 1.89. The summed E-state index contributed by atoms with van der Waals surface area (Å²) in [5.41, 5.74) is 13.8. The molecule has 51 heavy (non-hydrogen) atoms. The van der Waals surface area contributed by atoms with Gasteiger partial charge in [-0.25, -0.2) is 0 Å². The Morgan fingerprint density at radius 1 is 0.471 bits per heavy atom. The highest BCUT2D eigenvalue weighted by Gasteiger charge is 2.38. The van der Waals surface area contributed by atoms with Gasteiger partial charge in [-0.05, 0) is 86.1 Å². The van der Waals surface area contributed by atoms with Crippen LogP contribution in [-0.4, -0.2) is 0 Å². The van der Waals surface area contributed by atoms with Gasteiger partial charge >= 0.3 is 0 Å². The van der Waals surface area contributed by atoms with E-state index in [1.807, 2.05) is 11.3 Å². The summed E-state index contributed by atoms with van der Waals surface area (Å²) in [5, 5.41) is 5.13. The summed E-state index contributed by atoms with van der Waals surface area (Å²) in [4.78, 5) is 2.51. The Morgan fingerprint density at radius 3 is 2.00 bits per heavy atom. The van der Waals surface area contributed by atoms with Crippen LogP contribution in [-0.2, 0) is 5.41 Å². The lowest BCUT2D eigenvalue weighted by molar-refractivity contribution is 0.660. The number of anilines is 3. The van der Waals surface area contributed by atoms with Crippen LogP contribution < -0.4 is 4.90 Å². The SMILES string of the molecule is CC1(C)c2ccccc2-c2c(N(c3ccc(-c4ccc5ccccc5c4)cc3)c3cccc4c3sc3cccc(-c5ccccc5)c34)cccc21. The quantitative estimate of drug-likeness (QED) is 0.176. The van der Waals surface area contributed by atoms with Crippen LogP contribution in [0.3, 0.4) is 0 Å². The Hall–Kier alpha value is -5.96. The fourth-order valence-corrected chi connectivity index (χ4v) is 9.60. The molecule has 0 atom stereocenters. The predicted octanol–water partition coefficient (Wildman–Crippen LogP) is 14.3. The van der Waals surface area contributed by atoms with Crippen molar-refractivity contribution in [3.05, 3.63) is 187 Å². The van der Waals surface area contributed by atoms with E-state index in [1.54, 1.807) is 0 Å². The molecule has 1 heterocycles. The van der Waals surface area contributed by atoms with E-state index in [1.165, 1.54) is 86.8 Å². The fourth-order valence-electron chi connectivity index (χ4n) is 8.37. The third kappa shape index (κ3) is 4.67. The molecule has 0 spiro atoms. The van der Waals surface area contributed by atoms with Gasteiger partial charge in [0, 0.05) is 32.1 Å². The molecule has 8 aromatic carbocycles. The summed E-state index contributed by atoms with van der Waals surface area (Å²) in [6, 6.07) is 64.8. The predicted molar refractivity (Wildman–Crippen MR) is 220 cm³/mol. The molecule has 0 amide bonds. The van der Waals surface area contributed by atoms with E-state index in [4.69, 9.17) is 0 Å². The normalized spacial score (nSPS) is 13.1. The number of benzene rings is 8. The summed E-state index contributed by atoms with van der Waals surface area (Å²) in [7, 11) is 0. The highest BCUT2D eigenvalue weighted by molar-refractivity contribution is 7.26. The minimum Gasteiger partial charge on any atom is -0.308 e. The minimum absolute atomic E-state index is 0.0955. The van der Waals surface area contributed by atoms with Crippen molar-refractivity contribution in [1.29, 1.82) is 0 Å². The van der Waals surface area contributed by atoms with E-state index in [9.17, 15) is 0 Å². The molecule has 0 fully saturated rings. The van der Waals surface area contributed by atoms with Crippen molar-refractivity contribution < 1.29 is 0 Å². The Morgan fingerprint density at radius 2 is 1.14 bits per heavy atom. The summed E-state index contributed by atoms with van der Waals surface area (Å²) in [6.07, 6.45) is 0. The Labute approximate surface area is 302 Å². The average molecular weight is 670 g/mol. The standard InChI is InChI=1S/C49H35NS/c1-49(2)41-20-9-8-17-39(41)47-42(49)21-12-22-43(47)50(37-29-27-33(28-30-37)36-26-25-32-13-6-7-16-35(32)31-36)44-23-10-19-40-46-38(34-14-4-3-5-15-34)18-11-24-45(46)51-48(40)44/h3-31H,1-2H3. The lowest BCUT2D eigenvalue weighted by Crippen LogP contribution is -2.16. The van der Waals surface area contributed by atoms with Crippen molar-refractivity contribution in [2.75, 3.05) is 4.90 Å². The van der Waals surface area contributed by atoms with Crippen molar-refractivity contribution in [1.82, 2.24) is 0 Å². The summed E-state index contributed by atoms with van der Waals surface area (Å²) < 4.78 is 2.59. The number of fused-ring (bicyclic) bond motifs is 7. The van der Waals surface area contributed by atoms with E-state index in [2.05, 4.69) is 195 Å². The third-order valence-electron chi connectivity index (χ3n) is 10.9. The van der Waals surface area contributed by atoms with Crippen LogP contribution in [0.2, 0.25) is 0 Å². The van der Waals surface area contributed by atoms with Crippen molar-refractivity contribution >= 4 is 59.3 Å². The number of rotatable bonds is 5. The zero-order valence-corrected chi connectivity index (χ0v) is 29.4. The highest BCUT2D eigenvalue weighted by Crippen LogP contribution is 2.55. The van der Waals surface area contributed by atoms with Gasteiger partial charge in [-0.3, -0.25) is 0 Å². The molecule has 0 aliphatic heterocycles. The minimum atomic E-state index is -0.0955. The van der Waals surface area contributed by atoms with Crippen LogP contribution in [0.15, 0.2) is 176 Å². The highest BCUT2D eigenvalue weighted by atomic mass is 32.1. The first-order valence-corrected chi connectivity index (χ1v) is 18.5. The molecule has 0 bridgehead atoms. The second kappa shape index (κ2) is 11.6. The maximum Gasteiger partial charge on any atom is 0.0640 e. The summed E-state index contributed by atoms with van der Waals surface area (Å²) in [5.74, 6) is 0. The second-order valence-electron chi connectivity index (χ2n) is 14.1. The van der Waals surface area contributed by atoms with Crippen molar-refractivity contribution in [3.8, 4) is 33.4 Å². The van der Waals surface area contributed by atoms with E-state index in [0.29, 0.717) is 0 Å². The van der Waals surface area contributed by atoms with E-state index >= 15 is 0 Å². The van der Waals surface area contributed by atoms with Crippen LogP contribution in [0, 0.1) is 0 Å². The maximum atomic E-state index is 2.51. The number of hydrogen-bond donors (Lipinski definition) is 0. The van der Waals surface area contributed by atoms with Gasteiger partial charge in [0.2, 0.25) is 0 Å². The fraction of sp³-hybridized carbons (Fsp3) is 0.0612. The van der Waals surface area contributed by atoms with Crippen LogP contribution in [0.1, 0.15) is 25.0 Å². The molecule has 9 aromatic rings. The molecule has 0 radical (unpaired) electrons. The number of hydrogen-bond acceptors (Lipinski definition) is 2. The molecule has 2 heteroatoms. The second-order valence-corrected chi connectivity index (χ2v) is 15.2. The molecule has 0 unspecified atom stereocenters. The monoisotopic (exact) mass is 669 g/mol. The first-order chi connectivity index (χ1) is 25.1. The lowest BCUT2D eigenvalue weighted by atomic mass is 9.82. The van der Waals surface area contributed by atoms with Gasteiger partial charge in [-0.1, -0.05) is 153 Å². The van der Waals surface area contributed by atoms with E-state index < -0.39 is 0 Å². The zero-order chi connectivity index (χ0) is 34.1. The van der Waals surface area contributed by atoms with Crippen molar-refractivity contribution in [3.63, 3.8) is 0 Å². The van der Waals surface area contributed by atoms with Gasteiger partial charge in [-0.2, -0.15) is 0 Å². The number of nitrogens with zero attached hydrogens (tertiary/aromatic N) is 1. The van der Waals surface area contributed by atoms with E-state index in [0.717, 1.165) is 5.69 Å². The first kappa shape index (κ1) is 29.9. The molecule has 0 saturated carbocycles. The molecule has 1 aliphatic rings. The molecular weight excluding hydrogens is 635 g/mol. The molecule has 1 aliphatic carbocycles. The Bertz CT molecular complexity index is 2770. The smallest absolute Gasteiger partial charge is 0.0640 e.